The zero-order valence-corrected chi connectivity index (χ0v) is 9.33. The Morgan fingerprint density at radius 1 is 1.56 bits per heavy atom. The Morgan fingerprint density at radius 3 is 2.88 bits per heavy atom. The van der Waals surface area contributed by atoms with Crippen molar-refractivity contribution < 1.29 is 18.3 Å². The van der Waals surface area contributed by atoms with Gasteiger partial charge in [-0.25, -0.2) is 13.1 Å². The molecule has 0 saturated heterocycles. The molecule has 0 aromatic carbocycles. The van der Waals surface area contributed by atoms with Crippen LogP contribution in [0, 0.1) is 0 Å². The summed E-state index contributed by atoms with van der Waals surface area (Å²) in [5.74, 6) is -0.0104. The first kappa shape index (κ1) is 12.9. The van der Waals surface area contributed by atoms with Crippen molar-refractivity contribution in [2.24, 2.45) is 0 Å². The molecule has 0 radical (unpaired) electrons. The average Bonchev–Trinajstić information content (AvgIpc) is 2.65. The number of hydrogen-bond donors (Lipinski definition) is 4. The number of nitrogen functional groups attached to an aromatic ring is 1. The lowest BCUT2D eigenvalue weighted by molar-refractivity contribution is 0.0961. The molecule has 5 N–H and O–H groups in total. The molecule has 0 fully saturated rings. The van der Waals surface area contributed by atoms with Gasteiger partial charge in [0, 0.05) is 6.54 Å². The number of rotatable bonds is 7. The minimum atomic E-state index is -3.65. The van der Waals surface area contributed by atoms with Crippen LogP contribution < -0.4 is 10.5 Å². The van der Waals surface area contributed by atoms with Crippen molar-refractivity contribution in [2.45, 2.75) is 4.90 Å². The van der Waals surface area contributed by atoms with E-state index in [0.29, 0.717) is 0 Å². The van der Waals surface area contributed by atoms with Crippen LogP contribution in [0.2, 0.25) is 0 Å². The first-order valence-electron chi connectivity index (χ1n) is 4.55. The van der Waals surface area contributed by atoms with Crippen LogP contribution in [0.25, 0.3) is 0 Å². The normalized spacial score (nSPS) is 11.8. The van der Waals surface area contributed by atoms with Crippen molar-refractivity contribution in [3.63, 3.8) is 0 Å². The molecule has 0 saturated carbocycles. The summed E-state index contributed by atoms with van der Waals surface area (Å²) in [6.07, 6.45) is 1.13. The van der Waals surface area contributed by atoms with Gasteiger partial charge in [-0.15, -0.1) is 0 Å². The number of aromatic nitrogens is 2. The van der Waals surface area contributed by atoms with Gasteiger partial charge in [-0.1, -0.05) is 0 Å². The molecule has 8 nitrogen and oxygen atoms in total. The van der Waals surface area contributed by atoms with E-state index < -0.39 is 10.0 Å². The first-order valence-corrected chi connectivity index (χ1v) is 6.03. The molecule has 0 amide bonds. The first-order chi connectivity index (χ1) is 7.58. The van der Waals surface area contributed by atoms with Gasteiger partial charge >= 0.3 is 0 Å². The van der Waals surface area contributed by atoms with Crippen molar-refractivity contribution in [2.75, 3.05) is 32.1 Å². The minimum Gasteiger partial charge on any atom is -0.394 e. The van der Waals surface area contributed by atoms with E-state index in [1.54, 1.807) is 0 Å². The Bertz CT molecular complexity index is 416. The smallest absolute Gasteiger partial charge is 0.245 e. The summed E-state index contributed by atoms with van der Waals surface area (Å²) in [5.41, 5.74) is 5.38. The standard InChI is InChI=1S/C7H14N4O4S/c8-7-6(5-9-11-7)16(13,14)10-1-3-15-4-2-12/h5,10,12H,1-4H2,(H3,8,9,11). The Hall–Kier alpha value is -1.16. The van der Waals surface area contributed by atoms with Gasteiger partial charge in [-0.3, -0.25) is 5.10 Å². The second-order valence-corrected chi connectivity index (χ2v) is 4.62. The van der Waals surface area contributed by atoms with E-state index in [2.05, 4.69) is 14.9 Å². The minimum absolute atomic E-state index is 0.0104. The number of nitrogens with zero attached hydrogens (tertiary/aromatic N) is 1. The molecule has 0 aliphatic heterocycles. The number of nitrogens with two attached hydrogens (primary N) is 1. The molecule has 0 unspecified atom stereocenters. The van der Waals surface area contributed by atoms with E-state index in [0.717, 1.165) is 6.20 Å². The van der Waals surface area contributed by atoms with Crippen LogP contribution in [0.15, 0.2) is 11.1 Å². The molecule has 1 aromatic heterocycles. The number of nitrogens with one attached hydrogen (secondary N) is 2. The van der Waals surface area contributed by atoms with Crippen molar-refractivity contribution in [3.05, 3.63) is 6.20 Å². The Balaban J connectivity index is 2.45. The van der Waals surface area contributed by atoms with Crippen LogP contribution in [0.1, 0.15) is 0 Å². The van der Waals surface area contributed by atoms with E-state index >= 15 is 0 Å². The molecule has 0 bridgehead atoms. The summed E-state index contributed by atoms with van der Waals surface area (Å²) in [5, 5.41) is 14.3. The summed E-state index contributed by atoms with van der Waals surface area (Å²) in [6, 6.07) is 0. The van der Waals surface area contributed by atoms with E-state index in [1.807, 2.05) is 0 Å². The molecule has 0 atom stereocenters. The highest BCUT2D eigenvalue weighted by Gasteiger charge is 2.18. The van der Waals surface area contributed by atoms with Gasteiger partial charge < -0.3 is 15.6 Å². The monoisotopic (exact) mass is 250 g/mol. The van der Waals surface area contributed by atoms with Crippen molar-refractivity contribution in [1.82, 2.24) is 14.9 Å². The van der Waals surface area contributed by atoms with Crippen molar-refractivity contribution in [3.8, 4) is 0 Å². The van der Waals surface area contributed by atoms with E-state index in [-0.39, 0.29) is 37.1 Å². The highest BCUT2D eigenvalue weighted by Crippen LogP contribution is 2.12. The number of hydrogen-bond acceptors (Lipinski definition) is 6. The van der Waals surface area contributed by atoms with Crippen LogP contribution in [-0.4, -0.2) is 50.1 Å². The van der Waals surface area contributed by atoms with E-state index in [9.17, 15) is 8.42 Å². The molecular weight excluding hydrogens is 236 g/mol. The third kappa shape index (κ3) is 3.45. The van der Waals surface area contributed by atoms with Gasteiger partial charge in [0.1, 0.15) is 10.7 Å². The summed E-state index contributed by atoms with van der Waals surface area (Å²) in [6.45, 7) is 0.363. The predicted octanol–water partition coefficient (Wildman–Crippen LogP) is -1.72. The van der Waals surface area contributed by atoms with Gasteiger partial charge in [-0.05, 0) is 0 Å². The SMILES string of the molecule is Nc1[nH]ncc1S(=O)(=O)NCCOCCO. The lowest BCUT2D eigenvalue weighted by atomic mass is 10.7. The Kier molecular flexibility index (Phi) is 4.68. The molecule has 1 heterocycles. The van der Waals surface area contributed by atoms with E-state index in [1.165, 1.54) is 0 Å². The van der Waals surface area contributed by atoms with Crippen molar-refractivity contribution >= 4 is 15.8 Å². The number of H-pyrrole nitrogens is 1. The molecule has 0 spiro atoms. The third-order valence-electron chi connectivity index (χ3n) is 1.70. The van der Waals surface area contributed by atoms with Gasteiger partial charge in [0.15, 0.2) is 0 Å². The van der Waals surface area contributed by atoms with Crippen LogP contribution >= 0.6 is 0 Å². The lowest BCUT2D eigenvalue weighted by Gasteiger charge is -2.05. The fourth-order valence-electron chi connectivity index (χ4n) is 0.992. The molecule has 0 aliphatic rings. The number of ether oxygens (including phenoxy) is 1. The third-order valence-corrected chi connectivity index (χ3v) is 3.18. The topological polar surface area (TPSA) is 130 Å². The second-order valence-electron chi connectivity index (χ2n) is 2.88. The molecular formula is C7H14N4O4S. The molecule has 0 aliphatic carbocycles. The number of aliphatic hydroxyl groups excluding tert-OH is 1. The lowest BCUT2D eigenvalue weighted by Crippen LogP contribution is -2.28. The number of aliphatic hydroxyl groups is 1. The quantitative estimate of drug-likeness (QED) is 0.426. The fraction of sp³-hybridized carbons (Fsp3) is 0.571. The number of sulfonamides is 1. The van der Waals surface area contributed by atoms with Crippen LogP contribution in [0.4, 0.5) is 5.82 Å². The summed E-state index contributed by atoms with van der Waals surface area (Å²) >= 11 is 0. The maximum atomic E-state index is 11.6. The van der Waals surface area contributed by atoms with Gasteiger partial charge in [0.25, 0.3) is 0 Å². The Labute approximate surface area is 92.8 Å². The van der Waals surface area contributed by atoms with Crippen LogP contribution in [0.5, 0.6) is 0 Å². The van der Waals surface area contributed by atoms with E-state index in [4.69, 9.17) is 15.6 Å². The summed E-state index contributed by atoms with van der Waals surface area (Å²) < 4.78 is 30.4. The average molecular weight is 250 g/mol. The zero-order chi connectivity index (χ0) is 12.0. The zero-order valence-electron chi connectivity index (χ0n) is 8.51. The summed E-state index contributed by atoms with van der Waals surface area (Å²) in [7, 11) is -3.65. The number of anilines is 1. The van der Waals surface area contributed by atoms with Gasteiger partial charge in [-0.2, -0.15) is 5.10 Å². The molecule has 92 valence electrons. The molecule has 16 heavy (non-hydrogen) atoms. The Morgan fingerprint density at radius 2 is 2.31 bits per heavy atom. The van der Waals surface area contributed by atoms with Crippen LogP contribution in [0.3, 0.4) is 0 Å². The predicted molar refractivity (Wildman–Crippen MR) is 56.1 cm³/mol. The maximum Gasteiger partial charge on any atom is 0.245 e. The highest BCUT2D eigenvalue weighted by atomic mass is 32.2. The van der Waals surface area contributed by atoms with Gasteiger partial charge in [0.2, 0.25) is 10.0 Å². The molecule has 9 heteroatoms. The highest BCUT2D eigenvalue weighted by molar-refractivity contribution is 7.89. The second kappa shape index (κ2) is 5.80. The fourth-order valence-corrected chi connectivity index (χ4v) is 2.03. The van der Waals surface area contributed by atoms with Crippen molar-refractivity contribution in [1.29, 1.82) is 0 Å². The molecule has 1 rings (SSSR count). The number of aromatic amines is 1. The molecule has 1 aromatic rings. The maximum absolute atomic E-state index is 11.6. The summed E-state index contributed by atoms with van der Waals surface area (Å²) in [4.78, 5) is -0.0883. The van der Waals surface area contributed by atoms with Gasteiger partial charge in [0.05, 0.1) is 26.0 Å². The largest absolute Gasteiger partial charge is 0.394 e. The van der Waals surface area contributed by atoms with Crippen LogP contribution in [-0.2, 0) is 14.8 Å².